The number of carbonyl (C=O) groups is 2. The van der Waals surface area contributed by atoms with Gasteiger partial charge in [0.1, 0.15) is 238 Å². The van der Waals surface area contributed by atoms with Crippen molar-refractivity contribution in [3.05, 3.63) is 0 Å². The van der Waals surface area contributed by atoms with Crippen LogP contribution in [0.1, 0.15) is 20.8 Å². The summed E-state index contributed by atoms with van der Waals surface area (Å²) in [7, 11) is 0. The summed E-state index contributed by atoms with van der Waals surface area (Å²) in [6, 6.07) is -3.70. The van der Waals surface area contributed by atoms with E-state index in [1.165, 1.54) is 6.92 Å². The summed E-state index contributed by atoms with van der Waals surface area (Å²) in [6.07, 6.45) is -99.7. The first-order chi connectivity index (χ1) is 54.8. The molecule has 1 unspecified atom stereocenters. The van der Waals surface area contributed by atoms with Crippen molar-refractivity contribution in [1.82, 2.24) is 10.6 Å². The zero-order chi connectivity index (χ0) is 85.2. The number of amides is 2. The highest BCUT2D eigenvalue weighted by atomic mass is 16.8. The average Bonchev–Trinajstić information content (AvgIpc) is 0.774. The quantitative estimate of drug-likeness (QED) is 0.0331. The minimum atomic E-state index is -2.48. The lowest BCUT2D eigenvalue weighted by molar-refractivity contribution is -0.398. The van der Waals surface area contributed by atoms with Gasteiger partial charge in [-0.05, 0) is 6.92 Å². The van der Waals surface area contributed by atoms with Crippen molar-refractivity contribution in [2.45, 2.75) is 328 Å². The van der Waals surface area contributed by atoms with Gasteiger partial charge in [-0.25, -0.2) is 0 Å². The monoisotopic (exact) mass is 1700 g/mol. The minimum absolute atomic E-state index is 0.828. The van der Waals surface area contributed by atoms with Crippen LogP contribution in [0.3, 0.4) is 0 Å². The van der Waals surface area contributed by atoms with Gasteiger partial charge in [0.15, 0.2) is 62.9 Å². The first-order valence-corrected chi connectivity index (χ1v) is 37.0. The second-order valence-electron chi connectivity index (χ2n) is 29.6. The molecule has 52 heteroatoms. The lowest BCUT2D eigenvalue weighted by Gasteiger charge is -2.50. The predicted octanol–water partition coefficient (Wildman–Crippen LogP) is -21.5. The summed E-state index contributed by atoms with van der Waals surface area (Å²) < 4.78 is 111. The fourth-order valence-corrected chi connectivity index (χ4v) is 14.9. The molecule has 10 aliphatic heterocycles. The lowest BCUT2D eigenvalue weighted by atomic mass is 9.93. The largest absolute Gasteiger partial charge is 0.394 e. The van der Waals surface area contributed by atoms with Crippen LogP contribution in [-0.4, -0.2) is 526 Å². The molecule has 0 aliphatic carbocycles. The van der Waals surface area contributed by atoms with E-state index in [2.05, 4.69) is 10.6 Å². The van der Waals surface area contributed by atoms with Crippen molar-refractivity contribution in [1.29, 1.82) is 0 Å². The number of rotatable bonds is 29. The number of nitrogens with one attached hydrogen (secondary N) is 2. The number of carbonyl (C=O) groups excluding carboxylic acids is 2. The summed E-state index contributed by atoms with van der Waals surface area (Å²) in [4.78, 5) is 25.5. The van der Waals surface area contributed by atoms with E-state index in [1.807, 2.05) is 0 Å². The number of hydrogen-bond donors (Lipinski definition) is 31. The fraction of sp³-hybridized carbons (Fsp3) is 0.969. The maximum atomic E-state index is 13.1. The van der Waals surface area contributed by atoms with E-state index >= 15 is 0 Å². The Morgan fingerprint density at radius 1 is 0.241 bits per heavy atom. The molecule has 10 rings (SSSR count). The third-order valence-corrected chi connectivity index (χ3v) is 21.6. The molecule has 2 amide bonds. The van der Waals surface area contributed by atoms with Crippen molar-refractivity contribution in [2.24, 2.45) is 0 Å². The van der Waals surface area contributed by atoms with Crippen LogP contribution in [0.25, 0.3) is 0 Å². The standard InChI is InChI=1S/C64H108N2O50/c1-13-27(75)37(85)43(91)57(101-13)99-12-24-50(35(83)25(55(97)102-24)65-14(2)73)111-56-26(66-15(3)74)36(84)49(21(9-72)108-56)112-62-48(96)52(114-60-45(93)39(87)29(77)17(5-68)104-60)34(82)23(110-62)10-98-58-47(95)51(113-59-44(92)38(86)28(76)16(4-67)103-59)33(81)22(109-58)11-100-63-53(41(89)31(79)19(7-70)106-63)116-64-54(42(90)32(80)20(8-71)107-64)115-61-46(94)40(88)30(78)18(6-69)105-61/h13,16-64,67-72,75-97H,4-12H2,1-3H3,(H,65,73)(H,66,74)/t13-,16+,17+,18+,19+,20+,21+,22+,23+,24+,25+,26+,27+,28+,29+,30+,31+,32+,33+,34+,35+,36+,37+,38-,39-,40-,41-,42-,43-,44-,45-,46-,47-,48-,49+,50+,51-,52-,53-,54-,55?,56-,57+,58-,59+,60+,61+,62-,63-,64+/m0/s1. The lowest BCUT2D eigenvalue weighted by Crippen LogP contribution is -2.70. The molecular weight excluding hydrogens is 1600 g/mol. The first kappa shape index (κ1) is 95.3. The van der Waals surface area contributed by atoms with E-state index in [0.29, 0.717) is 0 Å². The maximum absolute atomic E-state index is 13.1. The van der Waals surface area contributed by atoms with Gasteiger partial charge in [0.25, 0.3) is 0 Å². The molecule has 0 aromatic rings. The summed E-state index contributed by atoms with van der Waals surface area (Å²) in [5, 5.41) is 324. The highest BCUT2D eigenvalue weighted by Gasteiger charge is 2.61. The van der Waals surface area contributed by atoms with E-state index < -0.39 is 378 Å². The minimum Gasteiger partial charge on any atom is -0.394 e. The Balaban J connectivity index is 0.937. The molecule has 50 atom stereocenters. The van der Waals surface area contributed by atoms with Crippen molar-refractivity contribution in [3.63, 3.8) is 0 Å². The molecule has 116 heavy (non-hydrogen) atoms. The van der Waals surface area contributed by atoms with Gasteiger partial charge in [0.05, 0.1) is 65.6 Å². The highest BCUT2D eigenvalue weighted by molar-refractivity contribution is 5.73. The van der Waals surface area contributed by atoms with Crippen LogP contribution < -0.4 is 10.6 Å². The molecule has 52 nitrogen and oxygen atoms in total. The molecule has 10 aliphatic rings. The van der Waals surface area contributed by atoms with E-state index in [9.17, 15) is 158 Å². The number of hydrogen-bond acceptors (Lipinski definition) is 50. The zero-order valence-corrected chi connectivity index (χ0v) is 61.8. The molecule has 0 saturated carbocycles. The maximum Gasteiger partial charge on any atom is 0.217 e. The van der Waals surface area contributed by atoms with Crippen LogP contribution in [0.4, 0.5) is 0 Å². The first-order valence-electron chi connectivity index (χ1n) is 37.0. The normalized spacial score (nSPS) is 51.8. The molecule has 0 bridgehead atoms. The van der Waals surface area contributed by atoms with Gasteiger partial charge in [-0.1, -0.05) is 0 Å². The highest BCUT2D eigenvalue weighted by Crippen LogP contribution is 2.40. The van der Waals surface area contributed by atoms with E-state index in [-0.39, 0.29) is 0 Å². The topological polar surface area (TPSA) is 820 Å². The Labute approximate surface area is 655 Å². The number of aliphatic hydroxyl groups excluding tert-OH is 29. The van der Waals surface area contributed by atoms with E-state index in [4.69, 9.17) is 90.0 Å². The Hall–Kier alpha value is -2.98. The summed E-state index contributed by atoms with van der Waals surface area (Å²) in [6.45, 7) is -6.49. The van der Waals surface area contributed by atoms with Gasteiger partial charge in [0.2, 0.25) is 11.8 Å². The summed E-state index contributed by atoms with van der Waals surface area (Å²) >= 11 is 0. The average molecular weight is 1710 g/mol. The second kappa shape index (κ2) is 41.2. The Morgan fingerprint density at radius 2 is 0.526 bits per heavy atom. The molecule has 0 aromatic carbocycles. The van der Waals surface area contributed by atoms with Gasteiger partial charge in [-0.15, -0.1) is 0 Å². The van der Waals surface area contributed by atoms with Crippen LogP contribution in [0.15, 0.2) is 0 Å². The Bertz CT molecular complexity index is 3030. The van der Waals surface area contributed by atoms with Gasteiger partial charge in [-0.3, -0.25) is 9.59 Å². The molecule has 10 fully saturated rings. The number of aliphatic hydroxyl groups is 29. The zero-order valence-electron chi connectivity index (χ0n) is 61.8. The van der Waals surface area contributed by atoms with E-state index in [0.717, 1.165) is 13.8 Å². The summed E-state index contributed by atoms with van der Waals surface area (Å²) in [5.41, 5.74) is 0. The molecule has 0 radical (unpaired) electrons. The van der Waals surface area contributed by atoms with Gasteiger partial charge >= 0.3 is 0 Å². The molecule has 674 valence electrons. The number of ether oxygens (including phenoxy) is 19. The summed E-state index contributed by atoms with van der Waals surface area (Å²) in [5.74, 6) is -1.79. The second-order valence-corrected chi connectivity index (χ2v) is 29.6. The van der Waals surface area contributed by atoms with Crippen LogP contribution in [0.2, 0.25) is 0 Å². The molecule has 10 saturated heterocycles. The third-order valence-electron chi connectivity index (χ3n) is 21.6. The van der Waals surface area contributed by atoms with Gasteiger partial charge < -0.3 is 249 Å². The van der Waals surface area contributed by atoms with Crippen molar-refractivity contribution < 1.29 is 248 Å². The molecule has 0 aromatic heterocycles. The van der Waals surface area contributed by atoms with Crippen LogP contribution in [-0.2, 0) is 99.6 Å². The Morgan fingerprint density at radius 3 is 0.974 bits per heavy atom. The van der Waals surface area contributed by atoms with Crippen LogP contribution >= 0.6 is 0 Å². The molecule has 31 N–H and O–H groups in total. The predicted molar refractivity (Wildman–Crippen MR) is 351 cm³/mol. The molecule has 0 spiro atoms. The molecule has 10 heterocycles. The molecular formula is C64H108N2O50. The van der Waals surface area contributed by atoms with E-state index in [1.54, 1.807) is 0 Å². The third kappa shape index (κ3) is 20.5. The van der Waals surface area contributed by atoms with Crippen LogP contribution in [0.5, 0.6) is 0 Å². The van der Waals surface area contributed by atoms with Gasteiger partial charge in [-0.2, -0.15) is 0 Å². The van der Waals surface area contributed by atoms with Crippen molar-refractivity contribution in [2.75, 3.05) is 59.5 Å². The fourth-order valence-electron chi connectivity index (χ4n) is 14.9. The van der Waals surface area contributed by atoms with Crippen LogP contribution in [0, 0.1) is 0 Å². The van der Waals surface area contributed by atoms with Crippen molar-refractivity contribution in [3.8, 4) is 0 Å². The smallest absolute Gasteiger partial charge is 0.217 e. The van der Waals surface area contributed by atoms with Gasteiger partial charge in [0, 0.05) is 13.8 Å². The SMILES string of the molecule is CC(=O)N[C@H]1[C@H](O[C@H]2[C@H](O)[C@@H](NC(C)=O)C(O)O[C@@H]2CO[C@@H]2O[C@@H](C)[C@@H](O)[C@@H](O)[C@@H]2O)O[C@H](CO)[C@@H](O[C@@H]2O[C@H](CO[C@H]3O[C@H](CO[C@H]4O[C@H](CO)[C@@H](O)[C@H](O)[C@@H]4O[C@H]4O[C@H](CO)[C@@H](O)[C@H](O)[C@@H]4O[C@H]4O[C@H](CO)[C@@H](O)[C@H](O)[C@@H]4O)[C@@H](O)[C@H](O[C@H]4O[C@H](CO)[C@@H](O)[C@H](O)[C@@H]4O)[C@@H]3O)[C@@H](O)[C@H](O[C@H]3O[C@H](CO)[C@@H](O)[C@H](O)[C@@H]3O)[C@@H]2O)[C@@H]1O. The van der Waals surface area contributed by atoms with Crippen molar-refractivity contribution >= 4 is 11.8 Å². The Kier molecular flexibility index (Phi) is 33.8.